The van der Waals surface area contributed by atoms with Crippen LogP contribution in [0, 0.1) is 11.2 Å². The number of amides is 1. The molecule has 1 amide bonds. The predicted molar refractivity (Wildman–Crippen MR) is 60.5 cm³/mol. The lowest BCUT2D eigenvalue weighted by molar-refractivity contribution is 0.0945. The minimum atomic E-state index is -0.551. The molecule has 4 heteroatoms. The fraction of sp³-hybridized carbons (Fsp3) is 0.417. The van der Waals surface area contributed by atoms with E-state index in [1.807, 2.05) is 0 Å². The number of rotatable bonds is 3. The summed E-state index contributed by atoms with van der Waals surface area (Å²) in [6.45, 7) is 2.77. The molecule has 0 saturated heterocycles. The van der Waals surface area contributed by atoms with Crippen molar-refractivity contribution in [2.75, 3.05) is 12.3 Å². The van der Waals surface area contributed by atoms with Gasteiger partial charge in [-0.25, -0.2) is 4.39 Å². The maximum absolute atomic E-state index is 13.1. The summed E-state index contributed by atoms with van der Waals surface area (Å²) in [7, 11) is 0. The number of nitrogen functional groups attached to an aromatic ring is 1. The van der Waals surface area contributed by atoms with Gasteiger partial charge in [-0.2, -0.15) is 0 Å². The van der Waals surface area contributed by atoms with Crippen molar-refractivity contribution in [3.63, 3.8) is 0 Å². The number of carbonyl (C=O) groups is 1. The predicted octanol–water partition coefficient (Wildman–Crippen LogP) is 1.94. The molecule has 86 valence electrons. The normalized spacial score (nSPS) is 16.9. The Bertz CT molecular complexity index is 427. The minimum Gasteiger partial charge on any atom is -0.396 e. The molecule has 0 aromatic heterocycles. The molecule has 1 saturated carbocycles. The van der Waals surface area contributed by atoms with Crippen LogP contribution in [0.3, 0.4) is 0 Å². The second-order valence-electron chi connectivity index (χ2n) is 4.73. The molecule has 0 heterocycles. The molecule has 0 unspecified atom stereocenters. The van der Waals surface area contributed by atoms with E-state index in [2.05, 4.69) is 12.2 Å². The highest BCUT2D eigenvalue weighted by Crippen LogP contribution is 2.44. The quantitative estimate of drug-likeness (QED) is 0.768. The lowest BCUT2D eigenvalue weighted by Crippen LogP contribution is -2.29. The van der Waals surface area contributed by atoms with Crippen molar-refractivity contribution in [2.24, 2.45) is 5.41 Å². The zero-order valence-electron chi connectivity index (χ0n) is 9.22. The number of nitrogens with two attached hydrogens (primary N) is 1. The number of carbonyl (C=O) groups excluding carboxylic acids is 1. The van der Waals surface area contributed by atoms with Gasteiger partial charge in [0, 0.05) is 12.1 Å². The van der Waals surface area contributed by atoms with Crippen LogP contribution >= 0.6 is 0 Å². The van der Waals surface area contributed by atoms with Gasteiger partial charge in [0.15, 0.2) is 0 Å². The molecule has 1 aromatic carbocycles. The molecule has 0 atom stereocenters. The summed E-state index contributed by atoms with van der Waals surface area (Å²) in [4.78, 5) is 11.7. The van der Waals surface area contributed by atoms with Gasteiger partial charge in [-0.1, -0.05) is 6.92 Å². The molecule has 1 aliphatic carbocycles. The van der Waals surface area contributed by atoms with Crippen molar-refractivity contribution in [3.8, 4) is 0 Å². The first-order valence-electron chi connectivity index (χ1n) is 5.33. The van der Waals surface area contributed by atoms with E-state index in [1.165, 1.54) is 18.2 Å². The van der Waals surface area contributed by atoms with Crippen molar-refractivity contribution < 1.29 is 9.18 Å². The van der Waals surface area contributed by atoms with E-state index in [0.717, 1.165) is 12.8 Å². The Hall–Kier alpha value is -1.58. The number of nitrogens with one attached hydrogen (secondary N) is 1. The van der Waals surface area contributed by atoms with E-state index in [-0.39, 0.29) is 17.0 Å². The molecule has 0 radical (unpaired) electrons. The van der Waals surface area contributed by atoms with Gasteiger partial charge in [-0.05, 0) is 36.5 Å². The van der Waals surface area contributed by atoms with Crippen molar-refractivity contribution in [1.29, 1.82) is 0 Å². The van der Waals surface area contributed by atoms with Crippen LogP contribution in [-0.2, 0) is 0 Å². The van der Waals surface area contributed by atoms with Crippen LogP contribution in [0.4, 0.5) is 10.1 Å². The van der Waals surface area contributed by atoms with Crippen molar-refractivity contribution >= 4 is 11.6 Å². The average molecular weight is 222 g/mol. The highest BCUT2D eigenvalue weighted by molar-refractivity contribution is 5.94. The topological polar surface area (TPSA) is 55.1 Å². The minimum absolute atomic E-state index is 0.0608. The van der Waals surface area contributed by atoms with E-state index >= 15 is 0 Å². The average Bonchev–Trinajstić information content (AvgIpc) is 2.98. The first-order valence-corrected chi connectivity index (χ1v) is 5.33. The van der Waals surface area contributed by atoms with Gasteiger partial charge in [0.05, 0.1) is 5.69 Å². The van der Waals surface area contributed by atoms with Crippen molar-refractivity contribution in [2.45, 2.75) is 19.8 Å². The molecule has 3 N–H and O–H groups in total. The van der Waals surface area contributed by atoms with Crippen molar-refractivity contribution in [1.82, 2.24) is 5.32 Å². The Balaban J connectivity index is 2.00. The van der Waals surface area contributed by atoms with Crippen LogP contribution in [0.15, 0.2) is 18.2 Å². The Labute approximate surface area is 93.8 Å². The van der Waals surface area contributed by atoms with Gasteiger partial charge < -0.3 is 11.1 Å². The highest BCUT2D eigenvalue weighted by atomic mass is 19.1. The van der Waals surface area contributed by atoms with Gasteiger partial charge in [-0.3, -0.25) is 4.79 Å². The summed E-state index contributed by atoms with van der Waals surface area (Å²) >= 11 is 0. The number of halogens is 1. The Kier molecular flexibility index (Phi) is 2.58. The molecule has 3 nitrogen and oxygen atoms in total. The molecule has 1 fully saturated rings. The van der Waals surface area contributed by atoms with Crippen LogP contribution in [0.2, 0.25) is 0 Å². The Morgan fingerprint density at radius 3 is 2.81 bits per heavy atom. The Morgan fingerprint density at radius 2 is 2.25 bits per heavy atom. The van der Waals surface area contributed by atoms with Gasteiger partial charge in [0.1, 0.15) is 5.82 Å². The number of hydrogen-bond acceptors (Lipinski definition) is 2. The van der Waals surface area contributed by atoms with E-state index in [1.54, 1.807) is 0 Å². The van der Waals surface area contributed by atoms with E-state index in [0.29, 0.717) is 12.1 Å². The second kappa shape index (κ2) is 3.77. The molecule has 0 spiro atoms. The third kappa shape index (κ3) is 2.32. The molecular weight excluding hydrogens is 207 g/mol. The maximum Gasteiger partial charge on any atom is 0.251 e. The van der Waals surface area contributed by atoms with Gasteiger partial charge >= 0.3 is 0 Å². The van der Waals surface area contributed by atoms with Crippen LogP contribution in [0.1, 0.15) is 30.1 Å². The lowest BCUT2D eigenvalue weighted by atomic mass is 10.1. The van der Waals surface area contributed by atoms with Crippen molar-refractivity contribution in [3.05, 3.63) is 29.6 Å². The van der Waals surface area contributed by atoms with E-state index in [9.17, 15) is 9.18 Å². The molecule has 16 heavy (non-hydrogen) atoms. The lowest BCUT2D eigenvalue weighted by Gasteiger charge is -2.10. The third-order valence-corrected chi connectivity index (χ3v) is 3.04. The first kappa shape index (κ1) is 10.9. The fourth-order valence-electron chi connectivity index (χ4n) is 1.45. The largest absolute Gasteiger partial charge is 0.396 e. The summed E-state index contributed by atoms with van der Waals surface area (Å²) in [6, 6.07) is 4.10. The first-order chi connectivity index (χ1) is 7.50. The molecule has 1 aromatic rings. The fourth-order valence-corrected chi connectivity index (χ4v) is 1.45. The van der Waals surface area contributed by atoms with Crippen LogP contribution < -0.4 is 11.1 Å². The molecular formula is C12H15FN2O. The molecule has 1 aliphatic rings. The van der Waals surface area contributed by atoms with Crippen LogP contribution in [0.25, 0.3) is 0 Å². The third-order valence-electron chi connectivity index (χ3n) is 3.04. The second-order valence-corrected chi connectivity index (χ2v) is 4.73. The van der Waals surface area contributed by atoms with Gasteiger partial charge in [0.2, 0.25) is 0 Å². The molecule has 0 aliphatic heterocycles. The monoisotopic (exact) mass is 222 g/mol. The van der Waals surface area contributed by atoms with Crippen LogP contribution in [-0.4, -0.2) is 12.5 Å². The number of anilines is 1. The zero-order chi connectivity index (χ0) is 11.8. The summed E-state index contributed by atoms with van der Waals surface area (Å²) in [5.41, 5.74) is 5.96. The standard InChI is InChI=1S/C12H15FN2O/c1-12(4-5-12)7-15-11(16)8-2-3-10(14)9(13)6-8/h2-3,6H,4-5,7,14H2,1H3,(H,15,16). The number of benzene rings is 1. The Morgan fingerprint density at radius 1 is 1.56 bits per heavy atom. The summed E-state index contributed by atoms with van der Waals surface area (Å²) in [5, 5.41) is 2.80. The molecule has 0 bridgehead atoms. The van der Waals surface area contributed by atoms with Gasteiger partial charge in [-0.15, -0.1) is 0 Å². The zero-order valence-corrected chi connectivity index (χ0v) is 9.22. The SMILES string of the molecule is CC1(CNC(=O)c2ccc(N)c(F)c2)CC1. The van der Waals surface area contributed by atoms with Crippen LogP contribution in [0.5, 0.6) is 0 Å². The molecule has 2 rings (SSSR count). The van der Waals surface area contributed by atoms with E-state index < -0.39 is 5.82 Å². The van der Waals surface area contributed by atoms with Gasteiger partial charge in [0.25, 0.3) is 5.91 Å². The summed E-state index contributed by atoms with van der Waals surface area (Å²) in [5.74, 6) is -0.794. The summed E-state index contributed by atoms with van der Waals surface area (Å²) < 4.78 is 13.1. The maximum atomic E-state index is 13.1. The highest BCUT2D eigenvalue weighted by Gasteiger charge is 2.37. The summed E-state index contributed by atoms with van der Waals surface area (Å²) in [6.07, 6.45) is 2.28. The smallest absolute Gasteiger partial charge is 0.251 e. The number of hydrogen-bond donors (Lipinski definition) is 2. The van der Waals surface area contributed by atoms with E-state index in [4.69, 9.17) is 5.73 Å².